The first-order valence-electron chi connectivity index (χ1n) is 10.4. The number of amides is 1. The summed E-state index contributed by atoms with van der Waals surface area (Å²) in [5.41, 5.74) is 0.408. The van der Waals surface area contributed by atoms with Crippen LogP contribution in [0, 0.1) is 11.6 Å². The van der Waals surface area contributed by atoms with Gasteiger partial charge in [0.05, 0.1) is 0 Å². The van der Waals surface area contributed by atoms with Gasteiger partial charge in [-0.25, -0.2) is 18.4 Å². The van der Waals surface area contributed by atoms with Crippen LogP contribution in [0.4, 0.5) is 13.6 Å². The van der Waals surface area contributed by atoms with Crippen molar-refractivity contribution in [3.8, 4) is 22.6 Å². The average molecular weight is 546 g/mol. The summed E-state index contributed by atoms with van der Waals surface area (Å²) in [4.78, 5) is 24.2. The molecule has 1 amide bonds. The number of fused-ring (bicyclic) bond motifs is 1. The summed E-state index contributed by atoms with van der Waals surface area (Å²) in [7, 11) is 0. The summed E-state index contributed by atoms with van der Waals surface area (Å²) < 4.78 is 38.2. The Morgan fingerprint density at radius 2 is 1.71 bits per heavy atom. The molecule has 3 aromatic carbocycles. The maximum Gasteiger partial charge on any atom is 0.407 e. The van der Waals surface area contributed by atoms with E-state index in [1.807, 2.05) is 30.3 Å². The van der Waals surface area contributed by atoms with Gasteiger partial charge in [0.1, 0.15) is 16.8 Å². The molecule has 10 heteroatoms. The molecule has 0 saturated heterocycles. The van der Waals surface area contributed by atoms with Crippen molar-refractivity contribution in [3.05, 3.63) is 92.3 Å². The van der Waals surface area contributed by atoms with Crippen LogP contribution in [0.25, 0.3) is 22.1 Å². The second-order valence-electron chi connectivity index (χ2n) is 7.58. The van der Waals surface area contributed by atoms with Crippen LogP contribution in [0.15, 0.2) is 68.3 Å². The lowest BCUT2D eigenvalue weighted by atomic mass is 10.00. The number of ether oxygens (including phenoxy) is 1. The van der Waals surface area contributed by atoms with Gasteiger partial charge in [-0.3, -0.25) is 0 Å². The van der Waals surface area contributed by atoms with E-state index in [4.69, 9.17) is 9.15 Å². The molecule has 1 aromatic heterocycles. The monoisotopic (exact) mass is 545 g/mol. The Kier molecular flexibility index (Phi) is 7.02. The highest BCUT2D eigenvalue weighted by molar-refractivity contribution is 9.10. The van der Waals surface area contributed by atoms with Crippen molar-refractivity contribution in [2.75, 3.05) is 6.54 Å². The lowest BCUT2D eigenvalue weighted by Gasteiger charge is -2.13. The largest absolute Gasteiger partial charge is 0.506 e. The summed E-state index contributed by atoms with van der Waals surface area (Å²) >= 11 is 3.15. The number of nitrogens with one attached hydrogen (secondary N) is 1. The number of phenols is 2. The number of alkyl carbamates (subject to hydrolysis) is 1. The van der Waals surface area contributed by atoms with Gasteiger partial charge in [-0.2, -0.15) is 0 Å². The molecule has 4 rings (SSSR count). The molecule has 7 nitrogen and oxygen atoms in total. The first-order chi connectivity index (χ1) is 16.7. The molecule has 0 saturated carbocycles. The highest BCUT2D eigenvalue weighted by Gasteiger charge is 2.20. The molecule has 0 aliphatic rings. The van der Waals surface area contributed by atoms with Crippen molar-refractivity contribution < 1.29 is 32.9 Å². The third-order valence-corrected chi connectivity index (χ3v) is 5.98. The molecule has 0 bridgehead atoms. The van der Waals surface area contributed by atoms with Crippen molar-refractivity contribution in [2.24, 2.45) is 0 Å². The van der Waals surface area contributed by atoms with E-state index < -0.39 is 34.9 Å². The first-order valence-corrected chi connectivity index (χ1v) is 11.1. The molecule has 0 spiro atoms. The Morgan fingerprint density at radius 3 is 2.40 bits per heavy atom. The fraction of sp³-hybridized carbons (Fsp3) is 0.120. The van der Waals surface area contributed by atoms with Crippen LogP contribution in [-0.2, 0) is 17.8 Å². The smallest absolute Gasteiger partial charge is 0.407 e. The Balaban J connectivity index is 1.60. The molecule has 0 radical (unpaired) electrons. The van der Waals surface area contributed by atoms with E-state index in [0.29, 0.717) is 13.0 Å². The summed E-state index contributed by atoms with van der Waals surface area (Å²) in [5, 5.41) is 22.8. The van der Waals surface area contributed by atoms with Gasteiger partial charge in [0.15, 0.2) is 23.0 Å². The molecule has 4 aromatic rings. The fourth-order valence-corrected chi connectivity index (χ4v) is 4.03. The van der Waals surface area contributed by atoms with Crippen LogP contribution in [0.3, 0.4) is 0 Å². The number of rotatable bonds is 6. The minimum absolute atomic E-state index is 0.00964. The third kappa shape index (κ3) is 5.27. The van der Waals surface area contributed by atoms with Crippen LogP contribution >= 0.6 is 15.9 Å². The normalized spacial score (nSPS) is 10.9. The minimum atomic E-state index is -1.22. The molecule has 0 aliphatic carbocycles. The summed E-state index contributed by atoms with van der Waals surface area (Å²) in [6, 6.07) is 13.7. The Hall–Kier alpha value is -3.92. The van der Waals surface area contributed by atoms with Crippen LogP contribution in [0.5, 0.6) is 11.5 Å². The van der Waals surface area contributed by atoms with Gasteiger partial charge in [0.2, 0.25) is 0 Å². The van der Waals surface area contributed by atoms with Crippen LogP contribution in [0.1, 0.15) is 11.1 Å². The highest BCUT2D eigenvalue weighted by atomic mass is 79.9. The predicted octanol–water partition coefficient (Wildman–Crippen LogP) is 5.38. The number of carbonyl (C=O) groups is 1. The standard InChI is InChI=1S/C25H18BrF2NO6/c26-21-22(31)16(14-8-18(27)23(32)19(28)9-14)11-17-15(10-20(30)35-24(17)21)12-34-25(33)29-7-6-13-4-2-1-3-5-13/h1-5,8-11,31-32H,6-7,12H2,(H,29,33). The van der Waals surface area contributed by atoms with Crippen LogP contribution in [0.2, 0.25) is 0 Å². The van der Waals surface area contributed by atoms with E-state index in [9.17, 15) is 28.6 Å². The SMILES string of the molecule is O=C(NCCc1ccccc1)OCc1cc(=O)oc2c(Br)c(O)c(-c3cc(F)c(O)c(F)c3)cc12. The zero-order valence-corrected chi connectivity index (χ0v) is 19.6. The zero-order chi connectivity index (χ0) is 25.1. The first kappa shape index (κ1) is 24.2. The number of carbonyl (C=O) groups excluding carboxylic acids is 1. The molecule has 0 aliphatic heterocycles. The predicted molar refractivity (Wildman–Crippen MR) is 127 cm³/mol. The van der Waals surface area contributed by atoms with E-state index in [1.54, 1.807) is 0 Å². The number of hydrogen-bond acceptors (Lipinski definition) is 6. The highest BCUT2D eigenvalue weighted by Crippen LogP contribution is 2.42. The zero-order valence-electron chi connectivity index (χ0n) is 18.0. The number of aromatic hydroxyl groups is 2. The molecule has 0 atom stereocenters. The van der Waals surface area contributed by atoms with E-state index in [2.05, 4.69) is 21.2 Å². The third-order valence-electron chi connectivity index (χ3n) is 5.25. The molecule has 35 heavy (non-hydrogen) atoms. The molecule has 180 valence electrons. The summed E-state index contributed by atoms with van der Waals surface area (Å²) in [6.07, 6.45) is -0.105. The van der Waals surface area contributed by atoms with E-state index in [1.165, 1.54) is 6.07 Å². The van der Waals surface area contributed by atoms with Crippen molar-refractivity contribution in [1.29, 1.82) is 0 Å². The number of halogens is 3. The fourth-order valence-electron chi connectivity index (χ4n) is 3.52. The van der Waals surface area contributed by atoms with E-state index in [-0.39, 0.29) is 38.7 Å². The summed E-state index contributed by atoms with van der Waals surface area (Å²) in [5.74, 6) is -4.02. The Bertz CT molecular complexity index is 1450. The molecule has 3 N–H and O–H groups in total. The quantitative estimate of drug-likeness (QED) is 0.280. The van der Waals surface area contributed by atoms with Crippen molar-refractivity contribution in [3.63, 3.8) is 0 Å². The van der Waals surface area contributed by atoms with Gasteiger partial charge in [-0.15, -0.1) is 0 Å². The van der Waals surface area contributed by atoms with Crippen molar-refractivity contribution in [2.45, 2.75) is 13.0 Å². The number of phenolic OH excluding ortho intramolecular Hbond substituents is 2. The van der Waals surface area contributed by atoms with Crippen LogP contribution < -0.4 is 10.9 Å². The van der Waals surface area contributed by atoms with Gasteiger partial charge < -0.3 is 24.7 Å². The lowest BCUT2D eigenvalue weighted by molar-refractivity contribution is 0.140. The second-order valence-corrected chi connectivity index (χ2v) is 8.37. The summed E-state index contributed by atoms with van der Waals surface area (Å²) in [6.45, 7) is 0.0241. The van der Waals surface area contributed by atoms with E-state index >= 15 is 0 Å². The van der Waals surface area contributed by atoms with Gasteiger partial charge in [-0.05, 0) is 51.7 Å². The molecule has 0 unspecified atom stereocenters. The topological polar surface area (TPSA) is 109 Å². The Morgan fingerprint density at radius 1 is 1.03 bits per heavy atom. The molecule has 0 fully saturated rings. The van der Waals surface area contributed by atoms with Gasteiger partial charge in [-0.1, -0.05) is 30.3 Å². The number of benzene rings is 3. The molecular weight excluding hydrogens is 528 g/mol. The van der Waals surface area contributed by atoms with E-state index in [0.717, 1.165) is 23.8 Å². The van der Waals surface area contributed by atoms with Crippen molar-refractivity contribution in [1.82, 2.24) is 5.32 Å². The molecular formula is C25H18BrF2NO6. The van der Waals surface area contributed by atoms with Crippen molar-refractivity contribution >= 4 is 33.0 Å². The minimum Gasteiger partial charge on any atom is -0.506 e. The van der Waals surface area contributed by atoms with Gasteiger partial charge in [0.25, 0.3) is 0 Å². The Labute approximate surface area is 205 Å². The maximum atomic E-state index is 13.9. The molecule has 1 heterocycles. The number of hydrogen-bond donors (Lipinski definition) is 3. The maximum absolute atomic E-state index is 13.9. The van der Waals surface area contributed by atoms with Gasteiger partial charge >= 0.3 is 11.7 Å². The second kappa shape index (κ2) is 10.1. The lowest BCUT2D eigenvalue weighted by Crippen LogP contribution is -2.26. The van der Waals surface area contributed by atoms with Crippen LogP contribution in [-0.4, -0.2) is 22.9 Å². The van der Waals surface area contributed by atoms with Gasteiger partial charge in [0, 0.05) is 29.1 Å². The average Bonchev–Trinajstić information content (AvgIpc) is 2.84.